The number of nitrogens with zero attached hydrogens (tertiary/aromatic N) is 4. The summed E-state index contributed by atoms with van der Waals surface area (Å²) in [5.41, 5.74) is 3.50. The summed E-state index contributed by atoms with van der Waals surface area (Å²) in [6.45, 7) is 3.25. The highest BCUT2D eigenvalue weighted by atomic mass is 16.5. The van der Waals surface area contributed by atoms with Crippen LogP contribution in [0.25, 0.3) is 11.2 Å². The maximum absolute atomic E-state index is 11.8. The van der Waals surface area contributed by atoms with Crippen LogP contribution in [0.1, 0.15) is 37.4 Å². The molecule has 0 unspecified atom stereocenters. The molecule has 3 aromatic rings. The molecule has 0 aliphatic rings. The first kappa shape index (κ1) is 17.1. The molecule has 1 aromatic carbocycles. The second kappa shape index (κ2) is 8.37. The molecule has 0 N–H and O–H groups in total. The minimum atomic E-state index is -0.191. The number of ether oxygens (including phenoxy) is 1. The summed E-state index contributed by atoms with van der Waals surface area (Å²) in [4.78, 5) is 24.9. The van der Waals surface area contributed by atoms with Crippen molar-refractivity contribution < 1.29 is 9.53 Å². The molecule has 3 rings (SSSR count). The Labute approximate surface area is 146 Å². The first-order valence-electron chi connectivity index (χ1n) is 8.62. The predicted molar refractivity (Wildman–Crippen MR) is 95.1 cm³/mol. The van der Waals surface area contributed by atoms with Crippen LogP contribution in [0.2, 0.25) is 0 Å². The molecule has 0 aliphatic carbocycles. The fourth-order valence-corrected chi connectivity index (χ4v) is 2.63. The summed E-state index contributed by atoms with van der Waals surface area (Å²) in [7, 11) is 0. The van der Waals surface area contributed by atoms with Crippen molar-refractivity contribution in [1.82, 2.24) is 19.5 Å². The molecule has 0 saturated carbocycles. The molecule has 2 aromatic heterocycles. The molecule has 0 saturated heterocycles. The molecule has 0 fully saturated rings. The fraction of sp³-hybridized carbons (Fsp3) is 0.368. The van der Waals surface area contributed by atoms with E-state index in [4.69, 9.17) is 4.74 Å². The minimum absolute atomic E-state index is 0.191. The van der Waals surface area contributed by atoms with Crippen molar-refractivity contribution in [2.45, 2.75) is 39.2 Å². The third-order valence-electron chi connectivity index (χ3n) is 4.00. The van der Waals surface area contributed by atoms with Gasteiger partial charge in [0.15, 0.2) is 5.65 Å². The SMILES string of the molecule is CCCCOC(=O)CCc1ncnc2c1ncn2Cc1ccccc1. The number of benzene rings is 1. The quantitative estimate of drug-likeness (QED) is 0.466. The van der Waals surface area contributed by atoms with Crippen LogP contribution >= 0.6 is 0 Å². The van der Waals surface area contributed by atoms with Gasteiger partial charge in [-0.2, -0.15) is 0 Å². The summed E-state index contributed by atoms with van der Waals surface area (Å²) < 4.78 is 7.19. The van der Waals surface area contributed by atoms with Crippen LogP contribution in [0.15, 0.2) is 43.0 Å². The van der Waals surface area contributed by atoms with Crippen LogP contribution in [-0.2, 0) is 22.5 Å². The minimum Gasteiger partial charge on any atom is -0.466 e. The van der Waals surface area contributed by atoms with Crippen molar-refractivity contribution in [1.29, 1.82) is 0 Å². The number of aryl methyl sites for hydroxylation is 1. The predicted octanol–water partition coefficient (Wildman–Crippen LogP) is 3.15. The maximum Gasteiger partial charge on any atom is 0.306 e. The van der Waals surface area contributed by atoms with Crippen molar-refractivity contribution in [3.05, 3.63) is 54.2 Å². The zero-order chi connectivity index (χ0) is 17.5. The molecular formula is C19H22N4O2. The Morgan fingerprint density at radius 1 is 1.16 bits per heavy atom. The number of aromatic nitrogens is 4. The molecule has 0 amide bonds. The Kier molecular flexibility index (Phi) is 5.72. The zero-order valence-corrected chi connectivity index (χ0v) is 14.4. The molecule has 25 heavy (non-hydrogen) atoms. The van der Waals surface area contributed by atoms with Crippen LogP contribution in [0.5, 0.6) is 0 Å². The highest BCUT2D eigenvalue weighted by molar-refractivity contribution is 5.75. The molecule has 0 aliphatic heterocycles. The lowest BCUT2D eigenvalue weighted by Gasteiger charge is -2.05. The van der Waals surface area contributed by atoms with E-state index in [1.165, 1.54) is 11.9 Å². The Balaban J connectivity index is 1.69. The van der Waals surface area contributed by atoms with E-state index in [9.17, 15) is 4.79 Å². The average molecular weight is 338 g/mol. The molecule has 130 valence electrons. The topological polar surface area (TPSA) is 69.9 Å². The molecule has 0 atom stereocenters. The summed E-state index contributed by atoms with van der Waals surface area (Å²) in [5.74, 6) is -0.191. The number of carbonyl (C=O) groups excluding carboxylic acids is 1. The van der Waals surface area contributed by atoms with Crippen molar-refractivity contribution in [2.24, 2.45) is 0 Å². The van der Waals surface area contributed by atoms with Crippen molar-refractivity contribution in [3.8, 4) is 0 Å². The lowest BCUT2D eigenvalue weighted by Crippen LogP contribution is -2.08. The summed E-state index contributed by atoms with van der Waals surface area (Å²) in [5, 5.41) is 0. The van der Waals surface area contributed by atoms with E-state index in [1.54, 1.807) is 6.33 Å². The van der Waals surface area contributed by atoms with Gasteiger partial charge in [-0.25, -0.2) is 15.0 Å². The molecule has 0 bridgehead atoms. The Bertz CT molecular complexity index is 830. The number of fused-ring (bicyclic) bond motifs is 1. The average Bonchev–Trinajstić information content (AvgIpc) is 3.05. The number of carbonyl (C=O) groups is 1. The van der Waals surface area contributed by atoms with E-state index in [-0.39, 0.29) is 5.97 Å². The number of imidazole rings is 1. The smallest absolute Gasteiger partial charge is 0.306 e. The molecule has 2 heterocycles. The maximum atomic E-state index is 11.8. The summed E-state index contributed by atoms with van der Waals surface area (Å²) in [6.07, 6.45) is 6.03. The Morgan fingerprint density at radius 2 is 2.00 bits per heavy atom. The largest absolute Gasteiger partial charge is 0.466 e. The summed E-state index contributed by atoms with van der Waals surface area (Å²) in [6, 6.07) is 10.2. The number of esters is 1. The molecular weight excluding hydrogens is 316 g/mol. The van der Waals surface area contributed by atoms with Crippen molar-refractivity contribution in [3.63, 3.8) is 0 Å². The lowest BCUT2D eigenvalue weighted by atomic mass is 10.2. The second-order valence-electron chi connectivity index (χ2n) is 5.92. The van der Waals surface area contributed by atoms with Crippen LogP contribution in [0.4, 0.5) is 0 Å². The monoisotopic (exact) mass is 338 g/mol. The highest BCUT2D eigenvalue weighted by Crippen LogP contribution is 2.16. The van der Waals surface area contributed by atoms with Gasteiger partial charge < -0.3 is 9.30 Å². The van der Waals surface area contributed by atoms with Crippen LogP contribution in [0, 0.1) is 0 Å². The van der Waals surface area contributed by atoms with Crippen LogP contribution < -0.4 is 0 Å². The summed E-state index contributed by atoms with van der Waals surface area (Å²) >= 11 is 0. The number of hydrogen-bond acceptors (Lipinski definition) is 5. The van der Waals surface area contributed by atoms with E-state index >= 15 is 0 Å². The van der Waals surface area contributed by atoms with Gasteiger partial charge in [-0.15, -0.1) is 0 Å². The first-order valence-corrected chi connectivity index (χ1v) is 8.62. The van der Waals surface area contributed by atoms with Crippen LogP contribution in [0.3, 0.4) is 0 Å². The van der Waals surface area contributed by atoms with Gasteiger partial charge in [0, 0.05) is 6.42 Å². The third-order valence-corrected chi connectivity index (χ3v) is 4.00. The molecule has 6 heteroatoms. The van der Waals surface area contributed by atoms with Gasteiger partial charge >= 0.3 is 5.97 Å². The van der Waals surface area contributed by atoms with Crippen molar-refractivity contribution >= 4 is 17.1 Å². The lowest BCUT2D eigenvalue weighted by molar-refractivity contribution is -0.143. The Morgan fingerprint density at radius 3 is 2.80 bits per heavy atom. The molecule has 0 spiro atoms. The standard InChI is InChI=1S/C19H22N4O2/c1-2-3-11-25-17(24)10-9-16-18-19(21-13-20-16)23(14-22-18)12-15-7-5-4-6-8-15/h4-8,13-14H,2-3,9-12H2,1H3. The normalized spacial score (nSPS) is 10.9. The van der Waals surface area contributed by atoms with Crippen molar-refractivity contribution in [2.75, 3.05) is 6.61 Å². The number of unbranched alkanes of at least 4 members (excludes halogenated alkanes) is 1. The zero-order valence-electron chi connectivity index (χ0n) is 14.4. The van der Waals surface area contributed by atoms with Gasteiger partial charge in [0.1, 0.15) is 11.8 Å². The number of hydrogen-bond donors (Lipinski definition) is 0. The van der Waals surface area contributed by atoms with Gasteiger partial charge in [0.05, 0.1) is 31.6 Å². The van der Waals surface area contributed by atoms with Gasteiger partial charge in [-0.1, -0.05) is 43.7 Å². The van der Waals surface area contributed by atoms with E-state index in [1.807, 2.05) is 22.8 Å². The molecule has 6 nitrogen and oxygen atoms in total. The van der Waals surface area contributed by atoms with Gasteiger partial charge in [-0.05, 0) is 12.0 Å². The van der Waals surface area contributed by atoms with Crippen LogP contribution in [-0.4, -0.2) is 32.1 Å². The Hall–Kier alpha value is -2.76. The van der Waals surface area contributed by atoms with E-state index in [0.717, 1.165) is 29.7 Å². The van der Waals surface area contributed by atoms with Gasteiger partial charge in [0.2, 0.25) is 0 Å². The van der Waals surface area contributed by atoms with Gasteiger partial charge in [-0.3, -0.25) is 4.79 Å². The van der Waals surface area contributed by atoms with E-state index < -0.39 is 0 Å². The highest BCUT2D eigenvalue weighted by Gasteiger charge is 2.12. The molecule has 0 radical (unpaired) electrons. The van der Waals surface area contributed by atoms with Gasteiger partial charge in [0.25, 0.3) is 0 Å². The first-order chi connectivity index (χ1) is 12.3. The fourth-order valence-electron chi connectivity index (χ4n) is 2.63. The van der Waals surface area contributed by atoms with E-state index in [2.05, 4.69) is 34.0 Å². The second-order valence-corrected chi connectivity index (χ2v) is 5.92. The van der Waals surface area contributed by atoms with E-state index in [0.29, 0.717) is 26.0 Å². The third kappa shape index (κ3) is 4.41. The number of rotatable bonds is 8.